The molecule has 2 aromatic carbocycles. The van der Waals surface area contributed by atoms with Gasteiger partial charge in [-0.3, -0.25) is 9.59 Å². The van der Waals surface area contributed by atoms with Gasteiger partial charge in [-0.1, -0.05) is 47.5 Å². The zero-order valence-electron chi connectivity index (χ0n) is 19.1. The van der Waals surface area contributed by atoms with E-state index in [1.807, 2.05) is 38.1 Å². The highest BCUT2D eigenvalue weighted by Gasteiger charge is 2.37. The first kappa shape index (κ1) is 24.4. The van der Waals surface area contributed by atoms with Crippen molar-refractivity contribution in [2.45, 2.75) is 25.7 Å². The molecule has 0 fully saturated rings. The predicted molar refractivity (Wildman–Crippen MR) is 123 cm³/mol. The van der Waals surface area contributed by atoms with Crippen LogP contribution in [0, 0.1) is 13.8 Å². The van der Waals surface area contributed by atoms with Crippen LogP contribution < -0.4 is 0 Å². The second-order valence-corrected chi connectivity index (χ2v) is 7.99. The minimum Gasteiger partial charge on any atom is -0.481 e. The van der Waals surface area contributed by atoms with Gasteiger partial charge in [0.1, 0.15) is 11.8 Å². The van der Waals surface area contributed by atoms with E-state index >= 15 is 0 Å². The molecule has 0 spiro atoms. The standard InChI is InChI=1S/C14H14O4.C12H10O4/c1-8-4-5-9-7-11(13(15)17-2)12(10(9)6-8)14(16)18-3;1-6-2-3-7-5-9(11(13)14)10(12(15)16)8(7)4-6/h4-7,12H,1-3H3;2-5,10H,1H3,(H,13,14)(H,15,16). The molecular weight excluding hydrogens is 440 g/mol. The molecule has 34 heavy (non-hydrogen) atoms. The molecule has 2 aliphatic rings. The number of carboxylic acids is 2. The summed E-state index contributed by atoms with van der Waals surface area (Å²) in [6.45, 7) is 3.78. The molecule has 0 amide bonds. The summed E-state index contributed by atoms with van der Waals surface area (Å²) in [5.41, 5.74) is 5.09. The van der Waals surface area contributed by atoms with E-state index in [0.717, 1.165) is 22.3 Å². The van der Waals surface area contributed by atoms with Gasteiger partial charge in [0.2, 0.25) is 0 Å². The Labute approximate surface area is 196 Å². The van der Waals surface area contributed by atoms with Crippen molar-refractivity contribution in [1.29, 1.82) is 0 Å². The lowest BCUT2D eigenvalue weighted by Gasteiger charge is -2.13. The number of benzene rings is 2. The number of carbonyl (C=O) groups is 4. The number of esters is 2. The minimum absolute atomic E-state index is 0.0758. The molecule has 8 nitrogen and oxygen atoms in total. The van der Waals surface area contributed by atoms with E-state index in [9.17, 15) is 19.2 Å². The van der Waals surface area contributed by atoms with Gasteiger partial charge in [-0.25, -0.2) is 9.59 Å². The lowest BCUT2D eigenvalue weighted by Crippen LogP contribution is -2.19. The third kappa shape index (κ3) is 4.61. The van der Waals surface area contributed by atoms with Crippen LogP contribution in [0.3, 0.4) is 0 Å². The van der Waals surface area contributed by atoms with E-state index in [2.05, 4.69) is 0 Å². The summed E-state index contributed by atoms with van der Waals surface area (Å²) in [6.07, 6.45) is 3.11. The maximum absolute atomic E-state index is 11.8. The smallest absolute Gasteiger partial charge is 0.334 e. The van der Waals surface area contributed by atoms with Crippen molar-refractivity contribution in [3.05, 3.63) is 80.9 Å². The summed E-state index contributed by atoms with van der Waals surface area (Å²) >= 11 is 0. The van der Waals surface area contributed by atoms with Crippen LogP contribution in [0.2, 0.25) is 0 Å². The van der Waals surface area contributed by atoms with E-state index in [0.29, 0.717) is 16.7 Å². The lowest BCUT2D eigenvalue weighted by molar-refractivity contribution is -0.144. The summed E-state index contributed by atoms with van der Waals surface area (Å²) < 4.78 is 9.47. The Kier molecular flexibility index (Phi) is 7.00. The first-order valence-corrected chi connectivity index (χ1v) is 10.4. The Balaban J connectivity index is 0.000000192. The van der Waals surface area contributed by atoms with Gasteiger partial charge in [0, 0.05) is 0 Å². The monoisotopic (exact) mass is 464 g/mol. The highest BCUT2D eigenvalue weighted by molar-refractivity contribution is 6.06. The highest BCUT2D eigenvalue weighted by atomic mass is 16.5. The SMILES string of the molecule is COC(=O)C1=Cc2ccc(C)cc2C1C(=O)OC.Cc1ccc2c(c1)C(C(=O)O)C(C(=O)O)=C2. The first-order valence-electron chi connectivity index (χ1n) is 10.4. The van der Waals surface area contributed by atoms with E-state index in [-0.39, 0.29) is 5.57 Å². The minimum atomic E-state index is -1.18. The molecule has 8 heteroatoms. The Hall–Kier alpha value is -4.20. The summed E-state index contributed by atoms with van der Waals surface area (Å²) in [4.78, 5) is 45.6. The van der Waals surface area contributed by atoms with Crippen LogP contribution in [0.1, 0.15) is 45.2 Å². The van der Waals surface area contributed by atoms with Crippen molar-refractivity contribution >= 4 is 36.0 Å². The first-order chi connectivity index (χ1) is 16.1. The van der Waals surface area contributed by atoms with Crippen LogP contribution in [-0.2, 0) is 28.7 Å². The fraction of sp³-hybridized carbons (Fsp3) is 0.231. The molecule has 2 atom stereocenters. The quantitative estimate of drug-likeness (QED) is 0.659. The number of carboxylic acid groups (broad SMARTS) is 2. The van der Waals surface area contributed by atoms with Gasteiger partial charge in [-0.2, -0.15) is 0 Å². The average molecular weight is 464 g/mol. The summed E-state index contributed by atoms with van der Waals surface area (Å²) in [5.74, 6) is -4.99. The Morgan fingerprint density at radius 3 is 1.68 bits per heavy atom. The van der Waals surface area contributed by atoms with E-state index < -0.39 is 35.7 Å². The number of methoxy groups -OCH3 is 2. The van der Waals surface area contributed by atoms with Crippen LogP contribution in [0.25, 0.3) is 12.2 Å². The van der Waals surface area contributed by atoms with Crippen molar-refractivity contribution in [2.24, 2.45) is 0 Å². The number of hydrogen-bond acceptors (Lipinski definition) is 6. The fourth-order valence-electron chi connectivity index (χ4n) is 4.11. The van der Waals surface area contributed by atoms with E-state index in [1.54, 1.807) is 18.2 Å². The Morgan fingerprint density at radius 2 is 1.24 bits per heavy atom. The molecule has 0 aromatic heterocycles. The molecule has 2 aliphatic carbocycles. The fourth-order valence-corrected chi connectivity index (χ4v) is 4.11. The second kappa shape index (κ2) is 9.74. The molecule has 0 saturated heterocycles. The van der Waals surface area contributed by atoms with Gasteiger partial charge in [-0.15, -0.1) is 0 Å². The van der Waals surface area contributed by atoms with Crippen LogP contribution in [-0.4, -0.2) is 48.3 Å². The predicted octanol–water partition coefficient (Wildman–Crippen LogP) is 3.47. The van der Waals surface area contributed by atoms with Crippen LogP contribution in [0.15, 0.2) is 47.5 Å². The second-order valence-electron chi connectivity index (χ2n) is 7.99. The molecular formula is C26H24O8. The molecule has 0 heterocycles. The molecule has 0 radical (unpaired) electrons. The normalized spacial score (nSPS) is 17.3. The number of aryl methyl sites for hydroxylation is 2. The van der Waals surface area contributed by atoms with Gasteiger partial charge in [-0.05, 0) is 48.3 Å². The van der Waals surface area contributed by atoms with Crippen molar-refractivity contribution in [3.8, 4) is 0 Å². The van der Waals surface area contributed by atoms with Gasteiger partial charge in [0.05, 0.1) is 25.4 Å². The third-order valence-electron chi connectivity index (χ3n) is 5.70. The summed E-state index contributed by atoms with van der Waals surface area (Å²) in [7, 11) is 2.61. The van der Waals surface area contributed by atoms with Gasteiger partial charge < -0.3 is 19.7 Å². The molecule has 176 valence electrons. The number of ether oxygens (including phenoxy) is 2. The number of carbonyl (C=O) groups excluding carboxylic acids is 2. The van der Waals surface area contributed by atoms with Crippen LogP contribution >= 0.6 is 0 Å². The summed E-state index contributed by atoms with van der Waals surface area (Å²) in [6, 6.07) is 11.0. The Morgan fingerprint density at radius 1 is 0.735 bits per heavy atom. The number of hydrogen-bond donors (Lipinski definition) is 2. The molecule has 2 unspecified atom stereocenters. The summed E-state index contributed by atoms with van der Waals surface area (Å²) in [5, 5.41) is 18.0. The number of aliphatic carboxylic acids is 2. The zero-order chi connectivity index (χ0) is 25.2. The van der Waals surface area contributed by atoms with Crippen molar-refractivity contribution in [2.75, 3.05) is 14.2 Å². The highest BCUT2D eigenvalue weighted by Crippen LogP contribution is 2.38. The molecule has 0 saturated carbocycles. The topological polar surface area (TPSA) is 127 Å². The number of rotatable bonds is 4. The molecule has 0 aliphatic heterocycles. The van der Waals surface area contributed by atoms with Crippen LogP contribution in [0.4, 0.5) is 0 Å². The van der Waals surface area contributed by atoms with Gasteiger partial charge in [0.25, 0.3) is 0 Å². The van der Waals surface area contributed by atoms with E-state index in [1.165, 1.54) is 20.3 Å². The average Bonchev–Trinajstić information content (AvgIpc) is 3.36. The Bertz CT molecular complexity index is 1250. The lowest BCUT2D eigenvalue weighted by atomic mass is 9.94. The van der Waals surface area contributed by atoms with Crippen molar-refractivity contribution in [1.82, 2.24) is 0 Å². The van der Waals surface area contributed by atoms with Crippen LogP contribution in [0.5, 0.6) is 0 Å². The van der Waals surface area contributed by atoms with Crippen molar-refractivity contribution in [3.63, 3.8) is 0 Å². The van der Waals surface area contributed by atoms with E-state index in [4.69, 9.17) is 19.7 Å². The molecule has 2 N–H and O–H groups in total. The molecule has 4 rings (SSSR count). The maximum atomic E-state index is 11.8. The number of fused-ring (bicyclic) bond motifs is 2. The molecule has 2 aromatic rings. The molecule has 0 bridgehead atoms. The third-order valence-corrected chi connectivity index (χ3v) is 5.70. The maximum Gasteiger partial charge on any atom is 0.334 e. The zero-order valence-corrected chi connectivity index (χ0v) is 19.1. The van der Waals surface area contributed by atoms with Crippen molar-refractivity contribution < 1.29 is 38.9 Å². The van der Waals surface area contributed by atoms with Gasteiger partial charge in [0.15, 0.2) is 0 Å². The largest absolute Gasteiger partial charge is 0.481 e. The van der Waals surface area contributed by atoms with Gasteiger partial charge >= 0.3 is 23.9 Å².